The number of thiophene rings is 1. The van der Waals surface area contributed by atoms with Crippen molar-refractivity contribution in [3.8, 4) is 0 Å². The molecular formula is C18H18N2O2S. The number of carbonyl (C=O) groups is 1. The molecule has 0 aliphatic heterocycles. The molecule has 23 heavy (non-hydrogen) atoms. The second kappa shape index (κ2) is 7.26. The predicted octanol–water partition coefficient (Wildman–Crippen LogP) is 3.43. The van der Waals surface area contributed by atoms with E-state index < -0.39 is 6.10 Å². The minimum absolute atomic E-state index is 0.196. The van der Waals surface area contributed by atoms with Crippen molar-refractivity contribution in [2.24, 2.45) is 0 Å². The fourth-order valence-corrected chi connectivity index (χ4v) is 3.17. The van der Waals surface area contributed by atoms with Crippen molar-refractivity contribution < 1.29 is 9.90 Å². The molecule has 0 saturated heterocycles. The number of hydrogen-bond acceptors (Lipinski definition) is 3. The van der Waals surface area contributed by atoms with Crippen molar-refractivity contribution in [2.45, 2.75) is 12.6 Å². The first-order valence-electron chi connectivity index (χ1n) is 7.44. The second-order valence-electron chi connectivity index (χ2n) is 5.23. The standard InChI is InChI=1S/C18H18N2O2S/c21-16(17-9-4-10-23-17)12-20-18(22)19-11-14-7-3-6-13-5-1-2-8-15(13)14/h1-10,16,21H,11-12H2,(H2,19,20,22). The van der Waals surface area contributed by atoms with Gasteiger partial charge in [0.25, 0.3) is 0 Å². The highest BCUT2D eigenvalue weighted by Crippen LogP contribution is 2.19. The topological polar surface area (TPSA) is 61.4 Å². The molecule has 0 saturated carbocycles. The van der Waals surface area contributed by atoms with Crippen LogP contribution in [0.25, 0.3) is 10.8 Å². The van der Waals surface area contributed by atoms with E-state index in [-0.39, 0.29) is 12.6 Å². The Morgan fingerprint density at radius 1 is 1.04 bits per heavy atom. The molecule has 3 aromatic rings. The SMILES string of the molecule is O=C(NCc1cccc2ccccc12)NCC(O)c1cccs1. The Morgan fingerprint density at radius 2 is 1.87 bits per heavy atom. The molecule has 0 spiro atoms. The van der Waals surface area contributed by atoms with Gasteiger partial charge in [0, 0.05) is 11.4 Å². The minimum Gasteiger partial charge on any atom is -0.386 e. The number of benzene rings is 2. The van der Waals surface area contributed by atoms with Gasteiger partial charge in [0.1, 0.15) is 6.10 Å². The summed E-state index contributed by atoms with van der Waals surface area (Å²) in [5, 5.41) is 19.7. The highest BCUT2D eigenvalue weighted by atomic mass is 32.1. The summed E-state index contributed by atoms with van der Waals surface area (Å²) in [5.74, 6) is 0. The number of nitrogens with one attached hydrogen (secondary N) is 2. The number of aliphatic hydroxyl groups excluding tert-OH is 1. The molecule has 0 aliphatic rings. The molecule has 2 aromatic carbocycles. The summed E-state index contributed by atoms with van der Waals surface area (Å²) >= 11 is 1.47. The van der Waals surface area contributed by atoms with Crippen molar-refractivity contribution in [3.63, 3.8) is 0 Å². The molecule has 0 bridgehead atoms. The maximum atomic E-state index is 11.9. The number of fused-ring (bicyclic) bond motifs is 1. The lowest BCUT2D eigenvalue weighted by molar-refractivity contribution is 0.176. The fourth-order valence-electron chi connectivity index (χ4n) is 2.46. The van der Waals surface area contributed by atoms with Gasteiger partial charge >= 0.3 is 6.03 Å². The van der Waals surface area contributed by atoms with Crippen molar-refractivity contribution >= 4 is 28.1 Å². The van der Waals surface area contributed by atoms with Crippen LogP contribution >= 0.6 is 11.3 Å². The summed E-state index contributed by atoms with van der Waals surface area (Å²) in [6.07, 6.45) is -0.668. The molecule has 0 aliphatic carbocycles. The van der Waals surface area contributed by atoms with E-state index in [2.05, 4.69) is 22.8 Å². The summed E-state index contributed by atoms with van der Waals surface area (Å²) in [4.78, 5) is 12.7. The number of rotatable bonds is 5. The van der Waals surface area contributed by atoms with Gasteiger partial charge in [-0.1, -0.05) is 48.5 Å². The third-order valence-electron chi connectivity index (χ3n) is 3.65. The Bertz CT molecular complexity index is 781. The van der Waals surface area contributed by atoms with Gasteiger partial charge in [0.05, 0.1) is 6.54 Å². The van der Waals surface area contributed by atoms with Gasteiger partial charge in [0.2, 0.25) is 0 Å². The molecule has 1 aromatic heterocycles. The smallest absolute Gasteiger partial charge is 0.315 e. The van der Waals surface area contributed by atoms with Gasteiger partial charge in [-0.15, -0.1) is 11.3 Å². The normalized spacial score (nSPS) is 12.0. The first kappa shape index (κ1) is 15.5. The van der Waals surface area contributed by atoms with Gasteiger partial charge in [-0.2, -0.15) is 0 Å². The molecule has 2 amide bonds. The van der Waals surface area contributed by atoms with E-state index >= 15 is 0 Å². The summed E-state index contributed by atoms with van der Waals surface area (Å²) < 4.78 is 0. The predicted molar refractivity (Wildman–Crippen MR) is 93.5 cm³/mol. The number of amides is 2. The summed E-state index contributed by atoms with van der Waals surface area (Å²) in [6, 6.07) is 17.6. The molecule has 5 heteroatoms. The van der Waals surface area contributed by atoms with E-state index in [9.17, 15) is 9.90 Å². The average Bonchev–Trinajstić information content (AvgIpc) is 3.12. The van der Waals surface area contributed by atoms with E-state index in [0.717, 1.165) is 21.2 Å². The lowest BCUT2D eigenvalue weighted by Crippen LogP contribution is -2.37. The van der Waals surface area contributed by atoms with Crippen LogP contribution in [-0.4, -0.2) is 17.7 Å². The first-order valence-corrected chi connectivity index (χ1v) is 8.32. The molecule has 0 fully saturated rings. The van der Waals surface area contributed by atoms with Crippen LogP contribution in [0.1, 0.15) is 16.5 Å². The molecule has 3 rings (SSSR count). The van der Waals surface area contributed by atoms with Crippen molar-refractivity contribution in [1.82, 2.24) is 10.6 Å². The Labute approximate surface area is 138 Å². The van der Waals surface area contributed by atoms with Crippen LogP contribution in [0.2, 0.25) is 0 Å². The molecule has 1 atom stereocenters. The van der Waals surface area contributed by atoms with Crippen LogP contribution in [-0.2, 0) is 6.54 Å². The van der Waals surface area contributed by atoms with Crippen molar-refractivity contribution in [3.05, 3.63) is 70.4 Å². The highest BCUT2D eigenvalue weighted by molar-refractivity contribution is 7.10. The van der Waals surface area contributed by atoms with Crippen LogP contribution in [0.15, 0.2) is 60.0 Å². The zero-order chi connectivity index (χ0) is 16.1. The summed E-state index contributed by atoms with van der Waals surface area (Å²) in [5.41, 5.74) is 1.07. The second-order valence-corrected chi connectivity index (χ2v) is 6.21. The van der Waals surface area contributed by atoms with E-state index in [0.29, 0.717) is 6.54 Å². The van der Waals surface area contributed by atoms with E-state index in [4.69, 9.17) is 0 Å². The molecule has 1 unspecified atom stereocenters. The minimum atomic E-state index is -0.668. The molecule has 1 heterocycles. The van der Waals surface area contributed by atoms with Gasteiger partial charge in [-0.25, -0.2) is 4.79 Å². The molecule has 4 nitrogen and oxygen atoms in total. The monoisotopic (exact) mass is 326 g/mol. The third kappa shape index (κ3) is 3.88. The Morgan fingerprint density at radius 3 is 2.70 bits per heavy atom. The first-order chi connectivity index (χ1) is 11.2. The Kier molecular flexibility index (Phi) is 4.90. The van der Waals surface area contributed by atoms with Crippen LogP contribution in [0.3, 0.4) is 0 Å². The fraction of sp³-hybridized carbons (Fsp3) is 0.167. The summed E-state index contributed by atoms with van der Waals surface area (Å²) in [7, 11) is 0. The zero-order valence-electron chi connectivity index (χ0n) is 12.5. The average molecular weight is 326 g/mol. The van der Waals surface area contributed by atoms with Crippen molar-refractivity contribution in [1.29, 1.82) is 0 Å². The van der Waals surface area contributed by atoms with E-state index in [1.54, 1.807) is 0 Å². The van der Waals surface area contributed by atoms with Crippen LogP contribution in [0, 0.1) is 0 Å². The zero-order valence-corrected chi connectivity index (χ0v) is 13.3. The number of carbonyl (C=O) groups excluding carboxylic acids is 1. The number of urea groups is 1. The van der Waals surface area contributed by atoms with Crippen LogP contribution < -0.4 is 10.6 Å². The Hall–Kier alpha value is -2.37. The Balaban J connectivity index is 1.54. The highest BCUT2D eigenvalue weighted by Gasteiger charge is 2.10. The van der Waals surface area contributed by atoms with E-state index in [1.165, 1.54) is 11.3 Å². The maximum absolute atomic E-state index is 11.9. The molecule has 3 N–H and O–H groups in total. The summed E-state index contributed by atoms with van der Waals surface area (Å²) in [6.45, 7) is 0.643. The number of hydrogen-bond donors (Lipinski definition) is 3. The maximum Gasteiger partial charge on any atom is 0.315 e. The number of aliphatic hydroxyl groups is 1. The lowest BCUT2D eigenvalue weighted by atomic mass is 10.0. The lowest BCUT2D eigenvalue weighted by Gasteiger charge is -2.12. The van der Waals surface area contributed by atoms with Gasteiger partial charge in [-0.05, 0) is 27.8 Å². The van der Waals surface area contributed by atoms with E-state index in [1.807, 2.05) is 47.8 Å². The molecular weight excluding hydrogens is 308 g/mol. The van der Waals surface area contributed by atoms with Crippen molar-refractivity contribution in [2.75, 3.05) is 6.54 Å². The third-order valence-corrected chi connectivity index (χ3v) is 4.62. The van der Waals surface area contributed by atoms with Gasteiger partial charge in [0.15, 0.2) is 0 Å². The quantitative estimate of drug-likeness (QED) is 0.672. The van der Waals surface area contributed by atoms with Crippen LogP contribution in [0.5, 0.6) is 0 Å². The molecule has 118 valence electrons. The molecule has 0 radical (unpaired) electrons. The van der Waals surface area contributed by atoms with Gasteiger partial charge < -0.3 is 15.7 Å². The van der Waals surface area contributed by atoms with Crippen LogP contribution in [0.4, 0.5) is 4.79 Å². The largest absolute Gasteiger partial charge is 0.386 e. The van der Waals surface area contributed by atoms with Gasteiger partial charge in [-0.3, -0.25) is 0 Å².